The molecule has 0 aromatic rings. The lowest BCUT2D eigenvalue weighted by atomic mass is 9.83. The lowest BCUT2D eigenvalue weighted by Gasteiger charge is -2.30. The quantitative estimate of drug-likeness (QED) is 0.677. The van der Waals surface area contributed by atoms with Gasteiger partial charge >= 0.3 is 0 Å². The number of rotatable bonds is 6. The van der Waals surface area contributed by atoms with E-state index in [9.17, 15) is 5.11 Å². The van der Waals surface area contributed by atoms with E-state index < -0.39 is 0 Å². The molecule has 0 bridgehead atoms. The Labute approximate surface area is 86.8 Å². The molecule has 3 heteroatoms. The zero-order valence-electron chi connectivity index (χ0n) is 9.38. The van der Waals surface area contributed by atoms with Crippen molar-refractivity contribution in [1.29, 1.82) is 0 Å². The van der Waals surface area contributed by atoms with E-state index in [0.717, 1.165) is 39.0 Å². The molecule has 0 aliphatic carbocycles. The second-order valence-corrected chi connectivity index (χ2v) is 4.31. The van der Waals surface area contributed by atoms with Crippen LogP contribution in [0, 0.1) is 5.41 Å². The summed E-state index contributed by atoms with van der Waals surface area (Å²) in [6.45, 7) is 7.18. The minimum atomic E-state index is 0.0720. The molecule has 0 spiro atoms. The van der Waals surface area contributed by atoms with Crippen LogP contribution in [0.3, 0.4) is 0 Å². The average molecular weight is 201 g/mol. The summed E-state index contributed by atoms with van der Waals surface area (Å²) in [5.41, 5.74) is 0.0720. The maximum absolute atomic E-state index is 9.38. The molecule has 0 saturated carbocycles. The van der Waals surface area contributed by atoms with E-state index in [1.54, 1.807) is 0 Å². The Morgan fingerprint density at radius 2 is 2.14 bits per heavy atom. The highest BCUT2D eigenvalue weighted by Gasteiger charge is 2.26. The summed E-state index contributed by atoms with van der Waals surface area (Å²) >= 11 is 0. The largest absolute Gasteiger partial charge is 0.396 e. The van der Waals surface area contributed by atoms with E-state index in [0.29, 0.717) is 6.04 Å². The Balaban J connectivity index is 2.31. The Morgan fingerprint density at radius 1 is 1.43 bits per heavy atom. The monoisotopic (exact) mass is 201 g/mol. The SMILES string of the molecule is CCC(CC)(CO)CNC1CCOC1. The predicted octanol–water partition coefficient (Wildman–Crippen LogP) is 1.16. The fraction of sp³-hybridized carbons (Fsp3) is 1.00. The molecular weight excluding hydrogens is 178 g/mol. The molecule has 1 unspecified atom stereocenters. The molecule has 3 nitrogen and oxygen atoms in total. The Kier molecular flexibility index (Phi) is 4.85. The summed E-state index contributed by atoms with van der Waals surface area (Å²) in [6, 6.07) is 0.499. The van der Waals surface area contributed by atoms with Gasteiger partial charge in [0, 0.05) is 31.2 Å². The molecule has 1 heterocycles. The molecule has 1 atom stereocenters. The van der Waals surface area contributed by atoms with Gasteiger partial charge in [0.15, 0.2) is 0 Å². The van der Waals surface area contributed by atoms with Crippen LogP contribution in [-0.2, 0) is 4.74 Å². The minimum Gasteiger partial charge on any atom is -0.396 e. The van der Waals surface area contributed by atoms with Gasteiger partial charge in [-0.15, -0.1) is 0 Å². The van der Waals surface area contributed by atoms with Gasteiger partial charge in [0.2, 0.25) is 0 Å². The molecule has 0 amide bonds. The first kappa shape index (κ1) is 12.0. The number of ether oxygens (including phenoxy) is 1. The Bertz CT molecular complexity index is 143. The van der Waals surface area contributed by atoms with Gasteiger partial charge in [-0.3, -0.25) is 0 Å². The summed E-state index contributed by atoms with van der Waals surface area (Å²) in [4.78, 5) is 0. The van der Waals surface area contributed by atoms with Gasteiger partial charge in [-0.2, -0.15) is 0 Å². The van der Waals surface area contributed by atoms with E-state index >= 15 is 0 Å². The van der Waals surface area contributed by atoms with Crippen LogP contribution in [0.25, 0.3) is 0 Å². The van der Waals surface area contributed by atoms with Crippen LogP contribution in [0.5, 0.6) is 0 Å². The van der Waals surface area contributed by atoms with Gasteiger partial charge in [-0.1, -0.05) is 13.8 Å². The highest BCUT2D eigenvalue weighted by atomic mass is 16.5. The standard InChI is InChI=1S/C11H23NO2/c1-3-11(4-2,9-13)8-12-10-5-6-14-7-10/h10,12-13H,3-9H2,1-2H3. The van der Waals surface area contributed by atoms with Crippen LogP contribution < -0.4 is 5.32 Å². The molecule has 14 heavy (non-hydrogen) atoms. The summed E-state index contributed by atoms with van der Waals surface area (Å²) < 4.78 is 5.30. The number of hydrogen-bond acceptors (Lipinski definition) is 3. The van der Waals surface area contributed by atoms with Gasteiger partial charge in [0.05, 0.1) is 6.61 Å². The molecular formula is C11H23NO2. The zero-order valence-corrected chi connectivity index (χ0v) is 9.38. The third-order valence-corrected chi connectivity index (χ3v) is 3.53. The zero-order chi connectivity index (χ0) is 10.4. The number of aliphatic hydroxyl groups is 1. The van der Waals surface area contributed by atoms with Gasteiger partial charge in [-0.05, 0) is 19.3 Å². The number of nitrogens with one attached hydrogen (secondary N) is 1. The van der Waals surface area contributed by atoms with Crippen molar-refractivity contribution in [2.45, 2.75) is 39.2 Å². The average Bonchev–Trinajstić information content (AvgIpc) is 2.74. The van der Waals surface area contributed by atoms with Crippen LogP contribution in [-0.4, -0.2) is 37.5 Å². The van der Waals surface area contributed by atoms with Crippen molar-refractivity contribution in [1.82, 2.24) is 5.32 Å². The topological polar surface area (TPSA) is 41.5 Å². The van der Waals surface area contributed by atoms with Crippen LogP contribution in [0.4, 0.5) is 0 Å². The van der Waals surface area contributed by atoms with E-state index in [4.69, 9.17) is 4.74 Å². The fourth-order valence-corrected chi connectivity index (χ4v) is 1.84. The second kappa shape index (κ2) is 5.69. The Morgan fingerprint density at radius 3 is 2.57 bits per heavy atom. The normalized spacial score (nSPS) is 22.9. The van der Waals surface area contributed by atoms with Crippen LogP contribution in [0.15, 0.2) is 0 Å². The van der Waals surface area contributed by atoms with Crippen molar-refractivity contribution >= 4 is 0 Å². The van der Waals surface area contributed by atoms with E-state index in [-0.39, 0.29) is 12.0 Å². The third kappa shape index (κ3) is 2.94. The molecule has 1 aliphatic heterocycles. The predicted molar refractivity (Wildman–Crippen MR) is 57.3 cm³/mol. The smallest absolute Gasteiger partial charge is 0.0620 e. The van der Waals surface area contributed by atoms with Crippen molar-refractivity contribution in [3.8, 4) is 0 Å². The first-order valence-corrected chi connectivity index (χ1v) is 5.68. The van der Waals surface area contributed by atoms with Gasteiger partial charge in [0.1, 0.15) is 0 Å². The van der Waals surface area contributed by atoms with Crippen molar-refractivity contribution in [2.75, 3.05) is 26.4 Å². The van der Waals surface area contributed by atoms with E-state index in [1.807, 2.05) is 0 Å². The van der Waals surface area contributed by atoms with E-state index in [1.165, 1.54) is 0 Å². The highest BCUT2D eigenvalue weighted by molar-refractivity contribution is 4.81. The third-order valence-electron chi connectivity index (χ3n) is 3.53. The summed E-state index contributed by atoms with van der Waals surface area (Å²) in [6.07, 6.45) is 3.16. The molecule has 1 rings (SSSR count). The van der Waals surface area contributed by atoms with Gasteiger partial charge in [0.25, 0.3) is 0 Å². The first-order valence-electron chi connectivity index (χ1n) is 5.68. The summed E-state index contributed by atoms with van der Waals surface area (Å²) in [5.74, 6) is 0. The minimum absolute atomic E-state index is 0.0720. The maximum Gasteiger partial charge on any atom is 0.0620 e. The molecule has 2 N–H and O–H groups in total. The van der Waals surface area contributed by atoms with Crippen LogP contribution in [0.2, 0.25) is 0 Å². The van der Waals surface area contributed by atoms with Gasteiger partial charge in [-0.25, -0.2) is 0 Å². The second-order valence-electron chi connectivity index (χ2n) is 4.31. The van der Waals surface area contributed by atoms with Crippen molar-refractivity contribution in [3.05, 3.63) is 0 Å². The van der Waals surface area contributed by atoms with Gasteiger partial charge < -0.3 is 15.2 Å². The van der Waals surface area contributed by atoms with Crippen molar-refractivity contribution in [3.63, 3.8) is 0 Å². The molecule has 1 fully saturated rings. The fourth-order valence-electron chi connectivity index (χ4n) is 1.84. The Hall–Kier alpha value is -0.120. The highest BCUT2D eigenvalue weighted by Crippen LogP contribution is 2.24. The molecule has 1 saturated heterocycles. The van der Waals surface area contributed by atoms with Crippen LogP contribution in [0.1, 0.15) is 33.1 Å². The van der Waals surface area contributed by atoms with E-state index in [2.05, 4.69) is 19.2 Å². The first-order chi connectivity index (χ1) is 6.76. The summed E-state index contributed by atoms with van der Waals surface area (Å²) in [7, 11) is 0. The number of hydrogen-bond donors (Lipinski definition) is 2. The van der Waals surface area contributed by atoms with Crippen LogP contribution >= 0.6 is 0 Å². The molecule has 1 aliphatic rings. The molecule has 0 radical (unpaired) electrons. The number of aliphatic hydroxyl groups excluding tert-OH is 1. The molecule has 0 aromatic carbocycles. The van der Waals surface area contributed by atoms with Crippen molar-refractivity contribution in [2.24, 2.45) is 5.41 Å². The maximum atomic E-state index is 9.38. The lowest BCUT2D eigenvalue weighted by molar-refractivity contribution is 0.108. The molecule has 0 aromatic heterocycles. The molecule has 84 valence electrons. The summed E-state index contributed by atoms with van der Waals surface area (Å²) in [5, 5.41) is 12.9. The lowest BCUT2D eigenvalue weighted by Crippen LogP contribution is -2.41. The van der Waals surface area contributed by atoms with Crippen molar-refractivity contribution < 1.29 is 9.84 Å².